The summed E-state index contributed by atoms with van der Waals surface area (Å²) in [5.41, 5.74) is 0.530. The number of phenolic OH excluding ortho intramolecular Hbond substituents is 3. The zero-order valence-corrected chi connectivity index (χ0v) is 9.95. The molecule has 2 rings (SSSR count). The molecule has 0 amide bonds. The van der Waals surface area contributed by atoms with E-state index in [1.54, 1.807) is 48.5 Å². The summed E-state index contributed by atoms with van der Waals surface area (Å²) in [7, 11) is 0. The predicted octanol–water partition coefficient (Wildman–Crippen LogP) is 3.22. The summed E-state index contributed by atoms with van der Waals surface area (Å²) >= 11 is 0. The van der Waals surface area contributed by atoms with E-state index in [4.69, 9.17) is 5.11 Å². The highest BCUT2D eigenvalue weighted by Crippen LogP contribution is 2.26. The van der Waals surface area contributed by atoms with E-state index >= 15 is 0 Å². The molecule has 0 radical (unpaired) electrons. The molecule has 0 fully saturated rings. The van der Waals surface area contributed by atoms with Crippen LogP contribution in [0.25, 0.3) is 0 Å². The highest BCUT2D eigenvalue weighted by molar-refractivity contribution is 5.43. The van der Waals surface area contributed by atoms with Gasteiger partial charge in [-0.25, -0.2) is 0 Å². The van der Waals surface area contributed by atoms with Crippen molar-refractivity contribution in [1.29, 1.82) is 0 Å². The van der Waals surface area contributed by atoms with E-state index in [1.807, 2.05) is 6.07 Å². The van der Waals surface area contributed by atoms with Crippen molar-refractivity contribution in [3.05, 3.63) is 66.7 Å². The summed E-state index contributed by atoms with van der Waals surface area (Å²) < 4.78 is 0. The number of allylic oxidation sites excluding steroid dienone is 1. The Morgan fingerprint density at radius 2 is 1.39 bits per heavy atom. The molecular formula is C15H16O3. The normalized spacial score (nSPS) is 9.11. The number of rotatable bonds is 2. The fourth-order valence-electron chi connectivity index (χ4n) is 1.34. The van der Waals surface area contributed by atoms with Crippen LogP contribution in [0, 0.1) is 0 Å². The summed E-state index contributed by atoms with van der Waals surface area (Å²) in [5, 5.41) is 27.1. The number of aromatic hydroxyl groups is 3. The van der Waals surface area contributed by atoms with Crippen molar-refractivity contribution in [2.75, 3.05) is 0 Å². The average molecular weight is 244 g/mol. The van der Waals surface area contributed by atoms with Gasteiger partial charge in [0.1, 0.15) is 17.2 Å². The Kier molecular flexibility index (Phi) is 5.32. The van der Waals surface area contributed by atoms with Gasteiger partial charge in [-0.2, -0.15) is 0 Å². The van der Waals surface area contributed by atoms with E-state index in [-0.39, 0.29) is 11.5 Å². The topological polar surface area (TPSA) is 60.7 Å². The lowest BCUT2D eigenvalue weighted by Gasteiger charge is -2.02. The second-order valence-corrected chi connectivity index (χ2v) is 3.60. The van der Waals surface area contributed by atoms with Crippen molar-refractivity contribution >= 4 is 0 Å². The largest absolute Gasteiger partial charge is 0.508 e. The quantitative estimate of drug-likeness (QED) is 0.711. The van der Waals surface area contributed by atoms with Gasteiger partial charge >= 0.3 is 0 Å². The van der Waals surface area contributed by atoms with Gasteiger partial charge in [-0.15, -0.1) is 6.58 Å². The van der Waals surface area contributed by atoms with Gasteiger partial charge in [0.15, 0.2) is 0 Å². The number of hydrogen-bond donors (Lipinski definition) is 3. The molecule has 0 aliphatic rings. The van der Waals surface area contributed by atoms with Crippen LogP contribution < -0.4 is 0 Å². The fraction of sp³-hybridized carbons (Fsp3) is 0.0667. The zero-order chi connectivity index (χ0) is 13.4. The molecule has 0 saturated heterocycles. The van der Waals surface area contributed by atoms with E-state index in [9.17, 15) is 10.2 Å². The molecule has 0 aliphatic heterocycles. The SMILES string of the molecule is C=CCc1c(O)cccc1O.Oc1ccccc1. The Hall–Kier alpha value is -2.42. The Balaban J connectivity index is 0.000000199. The van der Waals surface area contributed by atoms with E-state index in [2.05, 4.69) is 6.58 Å². The van der Waals surface area contributed by atoms with Crippen LogP contribution in [0.1, 0.15) is 5.56 Å². The minimum atomic E-state index is 0.116. The molecule has 3 heteroatoms. The van der Waals surface area contributed by atoms with Gasteiger partial charge < -0.3 is 15.3 Å². The van der Waals surface area contributed by atoms with Gasteiger partial charge in [-0.3, -0.25) is 0 Å². The predicted molar refractivity (Wildman–Crippen MR) is 71.8 cm³/mol. The third kappa shape index (κ3) is 4.22. The summed E-state index contributed by atoms with van der Waals surface area (Å²) in [6, 6.07) is 13.4. The molecule has 0 bridgehead atoms. The highest BCUT2D eigenvalue weighted by atomic mass is 16.3. The summed E-state index contributed by atoms with van der Waals surface area (Å²) in [5.74, 6) is 0.553. The maximum Gasteiger partial charge on any atom is 0.122 e. The van der Waals surface area contributed by atoms with Crippen molar-refractivity contribution in [3.8, 4) is 17.2 Å². The van der Waals surface area contributed by atoms with Crippen molar-refractivity contribution in [3.63, 3.8) is 0 Å². The minimum Gasteiger partial charge on any atom is -0.508 e. The fourth-order valence-corrected chi connectivity index (χ4v) is 1.34. The van der Waals surface area contributed by atoms with Gasteiger partial charge in [0.25, 0.3) is 0 Å². The average Bonchev–Trinajstić information content (AvgIpc) is 2.36. The minimum absolute atomic E-state index is 0.116. The number of phenols is 3. The molecule has 3 N–H and O–H groups in total. The van der Waals surface area contributed by atoms with Crippen LogP contribution in [0.15, 0.2) is 61.2 Å². The van der Waals surface area contributed by atoms with Crippen molar-refractivity contribution in [1.82, 2.24) is 0 Å². The number of para-hydroxylation sites is 1. The van der Waals surface area contributed by atoms with Gasteiger partial charge in [0.05, 0.1) is 0 Å². The molecule has 2 aromatic rings. The summed E-state index contributed by atoms with van der Waals surface area (Å²) in [4.78, 5) is 0. The molecule has 94 valence electrons. The van der Waals surface area contributed by atoms with Crippen LogP contribution in [-0.4, -0.2) is 15.3 Å². The lowest BCUT2D eigenvalue weighted by molar-refractivity contribution is 0.441. The van der Waals surface area contributed by atoms with Crippen LogP contribution in [-0.2, 0) is 6.42 Å². The van der Waals surface area contributed by atoms with Crippen LogP contribution in [0.2, 0.25) is 0 Å². The molecule has 0 unspecified atom stereocenters. The van der Waals surface area contributed by atoms with E-state index in [0.717, 1.165) is 0 Å². The molecule has 0 heterocycles. The Labute approximate surface area is 106 Å². The van der Waals surface area contributed by atoms with Crippen molar-refractivity contribution in [2.24, 2.45) is 0 Å². The molecule has 2 aromatic carbocycles. The first-order valence-electron chi connectivity index (χ1n) is 5.50. The Bertz CT molecular complexity index is 472. The number of benzene rings is 2. The van der Waals surface area contributed by atoms with Crippen LogP contribution in [0.3, 0.4) is 0 Å². The highest BCUT2D eigenvalue weighted by Gasteiger charge is 2.02. The zero-order valence-electron chi connectivity index (χ0n) is 9.95. The first kappa shape index (κ1) is 13.6. The van der Waals surface area contributed by atoms with Gasteiger partial charge in [0, 0.05) is 5.56 Å². The third-order valence-electron chi connectivity index (χ3n) is 2.23. The lowest BCUT2D eigenvalue weighted by atomic mass is 10.1. The molecule has 0 aliphatic carbocycles. The Morgan fingerprint density at radius 3 is 1.78 bits per heavy atom. The van der Waals surface area contributed by atoms with Crippen LogP contribution >= 0.6 is 0 Å². The second kappa shape index (κ2) is 7.01. The molecular weight excluding hydrogens is 228 g/mol. The van der Waals surface area contributed by atoms with Gasteiger partial charge in [-0.05, 0) is 30.7 Å². The molecule has 0 saturated carbocycles. The second-order valence-electron chi connectivity index (χ2n) is 3.60. The van der Waals surface area contributed by atoms with E-state index in [0.29, 0.717) is 17.7 Å². The number of hydrogen-bond acceptors (Lipinski definition) is 3. The molecule has 3 nitrogen and oxygen atoms in total. The maximum atomic E-state index is 9.21. The monoisotopic (exact) mass is 244 g/mol. The smallest absolute Gasteiger partial charge is 0.122 e. The van der Waals surface area contributed by atoms with Crippen molar-refractivity contribution < 1.29 is 15.3 Å². The van der Waals surface area contributed by atoms with E-state index < -0.39 is 0 Å². The third-order valence-corrected chi connectivity index (χ3v) is 2.23. The maximum absolute atomic E-state index is 9.21. The summed E-state index contributed by atoms with van der Waals surface area (Å²) in [6.07, 6.45) is 2.12. The van der Waals surface area contributed by atoms with Gasteiger partial charge in [0.2, 0.25) is 0 Å². The van der Waals surface area contributed by atoms with Crippen LogP contribution in [0.5, 0.6) is 17.2 Å². The molecule has 18 heavy (non-hydrogen) atoms. The summed E-state index contributed by atoms with van der Waals surface area (Å²) in [6.45, 7) is 3.52. The Morgan fingerprint density at radius 1 is 0.833 bits per heavy atom. The first-order valence-corrected chi connectivity index (χ1v) is 5.50. The standard InChI is InChI=1S/C9H10O2.C6H6O/c1-2-4-7-8(10)5-3-6-9(7)11;7-6-4-2-1-3-5-6/h2-3,5-6,10-11H,1,4H2;1-5,7H. The van der Waals surface area contributed by atoms with Crippen molar-refractivity contribution in [2.45, 2.75) is 6.42 Å². The molecule has 0 aromatic heterocycles. The first-order chi connectivity index (χ1) is 8.65. The van der Waals surface area contributed by atoms with E-state index in [1.165, 1.54) is 0 Å². The van der Waals surface area contributed by atoms with Crippen LogP contribution in [0.4, 0.5) is 0 Å². The molecule has 0 spiro atoms. The van der Waals surface area contributed by atoms with Gasteiger partial charge in [-0.1, -0.05) is 30.3 Å². The lowest BCUT2D eigenvalue weighted by Crippen LogP contribution is -1.82. The molecule has 0 atom stereocenters.